The van der Waals surface area contributed by atoms with Gasteiger partial charge in [-0.1, -0.05) is 13.8 Å². The molecule has 0 amide bonds. The first kappa shape index (κ1) is 13.2. The number of rotatable bonds is 3. The molecule has 1 heterocycles. The van der Waals surface area contributed by atoms with Gasteiger partial charge >= 0.3 is 0 Å². The van der Waals surface area contributed by atoms with Gasteiger partial charge in [0.25, 0.3) is 0 Å². The second-order valence-corrected chi connectivity index (χ2v) is 6.01. The quantitative estimate of drug-likeness (QED) is 0.928. The number of hydrogen-bond donors (Lipinski definition) is 1. The molecule has 1 fully saturated rings. The standard InChI is InChI=1S/C16H22N4/c1-12-3-8-16(13(2)11-12)19-14-4-6-15(7-5-14)20-17-9-10-18-20/h4-7,9-10,12-13,16,19H,3,8,11H2,1-2H3. The van der Waals surface area contributed by atoms with E-state index in [4.69, 9.17) is 0 Å². The van der Waals surface area contributed by atoms with Gasteiger partial charge in [-0.3, -0.25) is 0 Å². The molecule has 1 aromatic heterocycles. The van der Waals surface area contributed by atoms with E-state index in [0.717, 1.165) is 17.5 Å². The third-order valence-electron chi connectivity index (χ3n) is 4.30. The maximum absolute atomic E-state index is 4.14. The van der Waals surface area contributed by atoms with Gasteiger partial charge in [0, 0.05) is 11.7 Å². The van der Waals surface area contributed by atoms with E-state index in [0.29, 0.717) is 6.04 Å². The van der Waals surface area contributed by atoms with Crippen molar-refractivity contribution < 1.29 is 0 Å². The molecular weight excluding hydrogens is 248 g/mol. The van der Waals surface area contributed by atoms with Gasteiger partial charge in [-0.05, 0) is 55.4 Å². The summed E-state index contributed by atoms with van der Waals surface area (Å²) >= 11 is 0. The molecule has 4 heteroatoms. The van der Waals surface area contributed by atoms with E-state index in [1.54, 1.807) is 17.2 Å². The minimum Gasteiger partial charge on any atom is -0.382 e. The molecule has 1 aromatic carbocycles. The highest BCUT2D eigenvalue weighted by atomic mass is 15.5. The molecule has 1 aliphatic carbocycles. The van der Waals surface area contributed by atoms with E-state index in [2.05, 4.69) is 53.6 Å². The van der Waals surface area contributed by atoms with Crippen molar-refractivity contribution in [1.82, 2.24) is 15.0 Å². The normalized spacial score (nSPS) is 26.4. The Balaban J connectivity index is 1.66. The van der Waals surface area contributed by atoms with Crippen LogP contribution in [0, 0.1) is 11.8 Å². The molecule has 0 aliphatic heterocycles. The average molecular weight is 270 g/mol. The van der Waals surface area contributed by atoms with Gasteiger partial charge in [0.15, 0.2) is 0 Å². The van der Waals surface area contributed by atoms with Gasteiger partial charge < -0.3 is 5.32 Å². The first-order valence-corrected chi connectivity index (χ1v) is 7.45. The van der Waals surface area contributed by atoms with Gasteiger partial charge in [0.05, 0.1) is 18.1 Å². The summed E-state index contributed by atoms with van der Waals surface area (Å²) in [5.74, 6) is 1.61. The van der Waals surface area contributed by atoms with Crippen LogP contribution in [0.15, 0.2) is 36.7 Å². The predicted octanol–water partition coefficient (Wildman–Crippen LogP) is 3.50. The van der Waals surface area contributed by atoms with Crippen molar-refractivity contribution in [2.24, 2.45) is 11.8 Å². The zero-order chi connectivity index (χ0) is 13.9. The van der Waals surface area contributed by atoms with Gasteiger partial charge in [-0.25, -0.2) is 0 Å². The van der Waals surface area contributed by atoms with Crippen molar-refractivity contribution in [3.05, 3.63) is 36.7 Å². The van der Waals surface area contributed by atoms with Crippen LogP contribution >= 0.6 is 0 Å². The number of nitrogens with one attached hydrogen (secondary N) is 1. The van der Waals surface area contributed by atoms with E-state index in [1.807, 2.05) is 0 Å². The molecule has 4 nitrogen and oxygen atoms in total. The molecule has 106 valence electrons. The van der Waals surface area contributed by atoms with Gasteiger partial charge in [0.2, 0.25) is 0 Å². The van der Waals surface area contributed by atoms with Crippen molar-refractivity contribution in [1.29, 1.82) is 0 Å². The van der Waals surface area contributed by atoms with E-state index in [9.17, 15) is 0 Å². The Kier molecular flexibility index (Phi) is 3.72. The second kappa shape index (κ2) is 5.65. The number of anilines is 1. The van der Waals surface area contributed by atoms with Crippen molar-refractivity contribution >= 4 is 5.69 Å². The molecule has 0 bridgehead atoms. The maximum atomic E-state index is 4.14. The van der Waals surface area contributed by atoms with Gasteiger partial charge in [-0.15, -0.1) is 0 Å². The summed E-state index contributed by atoms with van der Waals surface area (Å²) in [4.78, 5) is 1.63. The maximum Gasteiger partial charge on any atom is 0.0858 e. The fourth-order valence-corrected chi connectivity index (χ4v) is 3.13. The topological polar surface area (TPSA) is 42.7 Å². The molecule has 2 aromatic rings. The van der Waals surface area contributed by atoms with Crippen LogP contribution in [0.4, 0.5) is 5.69 Å². The number of aromatic nitrogens is 3. The zero-order valence-corrected chi connectivity index (χ0v) is 12.2. The summed E-state index contributed by atoms with van der Waals surface area (Å²) in [5, 5.41) is 11.9. The summed E-state index contributed by atoms with van der Waals surface area (Å²) in [6.45, 7) is 4.72. The summed E-state index contributed by atoms with van der Waals surface area (Å²) in [5.41, 5.74) is 2.18. The third-order valence-corrected chi connectivity index (χ3v) is 4.30. The minimum atomic E-state index is 0.597. The Morgan fingerprint density at radius 3 is 2.40 bits per heavy atom. The van der Waals surface area contributed by atoms with E-state index in [1.165, 1.54) is 24.9 Å². The summed E-state index contributed by atoms with van der Waals surface area (Å²) in [6.07, 6.45) is 7.31. The number of benzene rings is 1. The van der Waals surface area contributed by atoms with Crippen molar-refractivity contribution in [2.45, 2.75) is 39.2 Å². The van der Waals surface area contributed by atoms with E-state index < -0.39 is 0 Å². The Morgan fingerprint density at radius 1 is 1.05 bits per heavy atom. The monoisotopic (exact) mass is 270 g/mol. The van der Waals surface area contributed by atoms with Crippen LogP contribution in [0.1, 0.15) is 33.1 Å². The van der Waals surface area contributed by atoms with Crippen LogP contribution < -0.4 is 5.32 Å². The first-order chi connectivity index (χ1) is 9.72. The molecule has 3 unspecified atom stereocenters. The fraction of sp³-hybridized carbons (Fsp3) is 0.500. The van der Waals surface area contributed by atoms with Gasteiger partial charge in [-0.2, -0.15) is 15.0 Å². The van der Waals surface area contributed by atoms with E-state index >= 15 is 0 Å². The van der Waals surface area contributed by atoms with Gasteiger partial charge in [0.1, 0.15) is 0 Å². The number of hydrogen-bond acceptors (Lipinski definition) is 3. The smallest absolute Gasteiger partial charge is 0.0858 e. The molecule has 1 aliphatic rings. The second-order valence-electron chi connectivity index (χ2n) is 6.01. The van der Waals surface area contributed by atoms with Crippen LogP contribution in [-0.4, -0.2) is 21.0 Å². The van der Waals surface area contributed by atoms with Crippen molar-refractivity contribution in [3.63, 3.8) is 0 Å². The van der Waals surface area contributed by atoms with Crippen molar-refractivity contribution in [3.8, 4) is 5.69 Å². The Bertz CT molecular complexity index is 532. The Hall–Kier alpha value is -1.84. The lowest BCUT2D eigenvalue weighted by molar-refractivity contribution is 0.276. The lowest BCUT2D eigenvalue weighted by atomic mass is 9.80. The highest BCUT2D eigenvalue weighted by Gasteiger charge is 2.24. The molecule has 0 spiro atoms. The highest BCUT2D eigenvalue weighted by Crippen LogP contribution is 2.30. The molecule has 3 rings (SSSR count). The van der Waals surface area contributed by atoms with E-state index in [-0.39, 0.29) is 0 Å². The molecule has 20 heavy (non-hydrogen) atoms. The fourth-order valence-electron chi connectivity index (χ4n) is 3.13. The van der Waals surface area contributed by atoms with Crippen LogP contribution in [0.25, 0.3) is 5.69 Å². The molecule has 0 saturated heterocycles. The Morgan fingerprint density at radius 2 is 1.75 bits per heavy atom. The summed E-state index contributed by atoms with van der Waals surface area (Å²) < 4.78 is 0. The molecule has 1 saturated carbocycles. The Labute approximate surface area is 120 Å². The lowest BCUT2D eigenvalue weighted by Crippen LogP contribution is -2.32. The zero-order valence-electron chi connectivity index (χ0n) is 12.2. The largest absolute Gasteiger partial charge is 0.382 e. The average Bonchev–Trinajstić information content (AvgIpc) is 2.97. The third kappa shape index (κ3) is 2.84. The first-order valence-electron chi connectivity index (χ1n) is 7.45. The van der Waals surface area contributed by atoms with Crippen molar-refractivity contribution in [2.75, 3.05) is 5.32 Å². The number of nitrogens with zero attached hydrogens (tertiary/aromatic N) is 3. The van der Waals surface area contributed by atoms with Crippen LogP contribution in [0.5, 0.6) is 0 Å². The predicted molar refractivity (Wildman–Crippen MR) is 80.9 cm³/mol. The minimum absolute atomic E-state index is 0.597. The summed E-state index contributed by atoms with van der Waals surface area (Å²) in [7, 11) is 0. The van der Waals surface area contributed by atoms with Crippen LogP contribution in [0.2, 0.25) is 0 Å². The SMILES string of the molecule is CC1CCC(Nc2ccc(-n3nccn3)cc2)C(C)C1. The van der Waals surface area contributed by atoms with Crippen LogP contribution in [0.3, 0.4) is 0 Å². The van der Waals surface area contributed by atoms with Crippen LogP contribution in [-0.2, 0) is 0 Å². The lowest BCUT2D eigenvalue weighted by Gasteiger charge is -2.33. The summed E-state index contributed by atoms with van der Waals surface area (Å²) in [6, 6.07) is 8.93. The molecule has 3 atom stereocenters. The highest BCUT2D eigenvalue weighted by molar-refractivity contribution is 5.48. The molecule has 0 radical (unpaired) electrons. The molecular formula is C16H22N4. The molecule has 1 N–H and O–H groups in total.